The molecule has 1 aliphatic rings. The van der Waals surface area contributed by atoms with E-state index in [-0.39, 0.29) is 11.9 Å². The Bertz CT molecular complexity index is 999. The number of hydrogen-bond acceptors (Lipinski definition) is 5. The minimum absolute atomic E-state index is 0.0476. The number of likely N-dealkylation sites (tertiary alicyclic amines) is 1. The van der Waals surface area contributed by atoms with Crippen molar-refractivity contribution in [2.75, 3.05) is 18.4 Å². The van der Waals surface area contributed by atoms with E-state index in [1.165, 1.54) is 5.56 Å². The summed E-state index contributed by atoms with van der Waals surface area (Å²) in [5.41, 5.74) is 3.54. The smallest absolute Gasteiger partial charge is 0.411 e. The topological polar surface area (TPSA) is 107 Å². The van der Waals surface area contributed by atoms with Crippen LogP contribution in [0.1, 0.15) is 5.56 Å². The molecule has 0 radical (unpaired) electrons. The molecule has 0 spiro atoms. The molecule has 0 saturated carbocycles. The number of nitrogens with one attached hydrogen (secondary N) is 1. The molecule has 1 amide bonds. The first-order valence-corrected chi connectivity index (χ1v) is 8.19. The van der Waals surface area contributed by atoms with Gasteiger partial charge in [-0.15, -0.1) is 5.10 Å². The van der Waals surface area contributed by atoms with Gasteiger partial charge in [0.25, 0.3) is 5.95 Å². The van der Waals surface area contributed by atoms with Crippen molar-refractivity contribution in [1.82, 2.24) is 19.5 Å². The molecule has 2 N–H and O–H groups in total. The van der Waals surface area contributed by atoms with Crippen molar-refractivity contribution in [2.45, 2.75) is 6.54 Å². The normalized spacial score (nSPS) is 14.7. The van der Waals surface area contributed by atoms with Gasteiger partial charge in [0.05, 0.1) is 17.7 Å². The minimum Gasteiger partial charge on any atom is -0.465 e. The van der Waals surface area contributed by atoms with E-state index in [4.69, 9.17) is 10.4 Å². The van der Waals surface area contributed by atoms with Crippen LogP contribution in [0.25, 0.3) is 16.9 Å². The van der Waals surface area contributed by atoms with E-state index in [0.29, 0.717) is 5.65 Å². The molecule has 130 valence electrons. The third kappa shape index (κ3) is 3.08. The van der Waals surface area contributed by atoms with Gasteiger partial charge in [-0.05, 0) is 17.7 Å². The summed E-state index contributed by atoms with van der Waals surface area (Å²) in [6, 6.07) is 16.0. The Morgan fingerprint density at radius 1 is 1.27 bits per heavy atom. The van der Waals surface area contributed by atoms with Crippen LogP contribution in [0.4, 0.5) is 10.7 Å². The van der Waals surface area contributed by atoms with Crippen LogP contribution in [0.3, 0.4) is 0 Å². The zero-order chi connectivity index (χ0) is 18.1. The van der Waals surface area contributed by atoms with Crippen molar-refractivity contribution in [2.24, 2.45) is 5.92 Å². The van der Waals surface area contributed by atoms with Crippen LogP contribution in [0.2, 0.25) is 0 Å². The summed E-state index contributed by atoms with van der Waals surface area (Å²) in [6.45, 7) is 2.49. The number of nitriles is 1. The number of hydrogen-bond donors (Lipinski definition) is 2. The standard InChI is InChI=1S/C18H16N6O2/c19-8-13-10-23(11-13)9-12-4-6-14(7-5-12)15-2-1-3-16-20-17(21-18(25)26)22-24(15)16/h1-7,13H,9-11H2,(H,21,22)(H,25,26). The molecule has 1 fully saturated rings. The van der Waals surface area contributed by atoms with Gasteiger partial charge in [-0.25, -0.2) is 9.31 Å². The van der Waals surface area contributed by atoms with E-state index in [9.17, 15) is 4.79 Å². The fourth-order valence-electron chi connectivity index (χ4n) is 3.09. The van der Waals surface area contributed by atoms with Gasteiger partial charge in [0.2, 0.25) is 0 Å². The second-order valence-electron chi connectivity index (χ2n) is 6.26. The second kappa shape index (κ2) is 6.46. The summed E-state index contributed by atoms with van der Waals surface area (Å²) in [7, 11) is 0. The first-order valence-electron chi connectivity index (χ1n) is 8.19. The van der Waals surface area contributed by atoms with Gasteiger partial charge < -0.3 is 5.11 Å². The predicted octanol–water partition coefficient (Wildman–Crippen LogP) is 2.44. The highest BCUT2D eigenvalue weighted by Gasteiger charge is 2.25. The minimum atomic E-state index is -1.20. The Kier molecular flexibility index (Phi) is 3.99. The van der Waals surface area contributed by atoms with Gasteiger partial charge in [0.15, 0.2) is 5.65 Å². The highest BCUT2D eigenvalue weighted by molar-refractivity contribution is 5.80. The van der Waals surface area contributed by atoms with E-state index >= 15 is 0 Å². The maximum Gasteiger partial charge on any atom is 0.411 e. The first kappa shape index (κ1) is 16.1. The lowest BCUT2D eigenvalue weighted by atomic mass is 10.0. The second-order valence-corrected chi connectivity index (χ2v) is 6.26. The summed E-state index contributed by atoms with van der Waals surface area (Å²) in [4.78, 5) is 17.2. The molecule has 0 unspecified atom stereocenters. The van der Waals surface area contributed by atoms with Crippen LogP contribution in [0.15, 0.2) is 42.5 Å². The number of nitrogens with zero attached hydrogens (tertiary/aromatic N) is 5. The third-order valence-electron chi connectivity index (χ3n) is 4.37. The van der Waals surface area contributed by atoms with Gasteiger partial charge in [-0.2, -0.15) is 10.2 Å². The summed E-state index contributed by atoms with van der Waals surface area (Å²) < 4.78 is 1.62. The van der Waals surface area contributed by atoms with Crippen molar-refractivity contribution in [1.29, 1.82) is 5.26 Å². The Morgan fingerprint density at radius 3 is 2.73 bits per heavy atom. The lowest BCUT2D eigenvalue weighted by Gasteiger charge is -2.35. The van der Waals surface area contributed by atoms with Crippen LogP contribution >= 0.6 is 0 Å². The van der Waals surface area contributed by atoms with Gasteiger partial charge in [0.1, 0.15) is 0 Å². The lowest BCUT2D eigenvalue weighted by molar-refractivity contribution is 0.127. The van der Waals surface area contributed by atoms with Crippen LogP contribution in [0, 0.1) is 17.2 Å². The molecule has 1 aliphatic heterocycles. The zero-order valence-electron chi connectivity index (χ0n) is 13.8. The number of amides is 1. The molecule has 2 aromatic heterocycles. The lowest BCUT2D eigenvalue weighted by Crippen LogP contribution is -2.45. The monoisotopic (exact) mass is 348 g/mol. The van der Waals surface area contributed by atoms with E-state index < -0.39 is 6.09 Å². The summed E-state index contributed by atoms with van der Waals surface area (Å²) >= 11 is 0. The molecule has 8 heteroatoms. The molecule has 26 heavy (non-hydrogen) atoms. The zero-order valence-corrected chi connectivity index (χ0v) is 13.8. The molecule has 3 heterocycles. The summed E-state index contributed by atoms with van der Waals surface area (Å²) in [5.74, 6) is 0.208. The fourth-order valence-corrected chi connectivity index (χ4v) is 3.09. The van der Waals surface area contributed by atoms with E-state index in [1.807, 2.05) is 24.3 Å². The van der Waals surface area contributed by atoms with Crippen LogP contribution < -0.4 is 5.32 Å². The summed E-state index contributed by atoms with van der Waals surface area (Å²) in [6.07, 6.45) is -1.20. The summed E-state index contributed by atoms with van der Waals surface area (Å²) in [5, 5.41) is 24.0. The van der Waals surface area contributed by atoms with Crippen LogP contribution in [-0.4, -0.2) is 43.8 Å². The number of aromatic nitrogens is 3. The van der Waals surface area contributed by atoms with Gasteiger partial charge >= 0.3 is 6.09 Å². The highest BCUT2D eigenvalue weighted by atomic mass is 16.4. The Labute approximate surface area is 149 Å². The number of carboxylic acid groups (broad SMARTS) is 1. The molecule has 0 aliphatic carbocycles. The quantitative estimate of drug-likeness (QED) is 0.750. The molecular formula is C18H16N6O2. The fraction of sp³-hybridized carbons (Fsp3) is 0.222. The van der Waals surface area contributed by atoms with E-state index in [2.05, 4.69) is 38.5 Å². The molecule has 1 aromatic carbocycles. The van der Waals surface area contributed by atoms with Gasteiger partial charge in [-0.3, -0.25) is 10.2 Å². The first-order chi connectivity index (χ1) is 12.6. The van der Waals surface area contributed by atoms with Crippen molar-refractivity contribution >= 4 is 17.7 Å². The number of rotatable bonds is 4. The van der Waals surface area contributed by atoms with Gasteiger partial charge in [-0.1, -0.05) is 30.3 Å². The number of fused-ring (bicyclic) bond motifs is 1. The highest BCUT2D eigenvalue weighted by Crippen LogP contribution is 2.23. The number of anilines is 1. The molecule has 4 rings (SSSR count). The van der Waals surface area contributed by atoms with E-state index in [1.54, 1.807) is 10.6 Å². The molecule has 0 bridgehead atoms. The van der Waals surface area contributed by atoms with Crippen LogP contribution in [-0.2, 0) is 6.54 Å². The molecular weight excluding hydrogens is 332 g/mol. The average Bonchev–Trinajstić information content (AvgIpc) is 2.99. The maximum absolute atomic E-state index is 10.8. The number of benzene rings is 1. The maximum atomic E-state index is 10.8. The molecule has 8 nitrogen and oxygen atoms in total. The van der Waals surface area contributed by atoms with Crippen molar-refractivity contribution < 1.29 is 9.90 Å². The van der Waals surface area contributed by atoms with Crippen molar-refractivity contribution in [3.63, 3.8) is 0 Å². The Hall–Kier alpha value is -3.44. The SMILES string of the molecule is N#CC1CN(Cc2ccc(-c3cccc4nc(NC(=O)O)nn34)cc2)C1. The Balaban J connectivity index is 1.56. The van der Waals surface area contributed by atoms with E-state index in [0.717, 1.165) is 30.9 Å². The third-order valence-corrected chi connectivity index (χ3v) is 4.37. The predicted molar refractivity (Wildman–Crippen MR) is 94.5 cm³/mol. The average molecular weight is 348 g/mol. The Morgan fingerprint density at radius 2 is 2.04 bits per heavy atom. The van der Waals surface area contributed by atoms with Gasteiger partial charge in [0, 0.05) is 25.2 Å². The molecule has 1 saturated heterocycles. The molecule has 3 aromatic rings. The largest absolute Gasteiger partial charge is 0.465 e. The molecule has 0 atom stereocenters. The number of pyridine rings is 1. The van der Waals surface area contributed by atoms with Crippen molar-refractivity contribution in [3.05, 3.63) is 48.0 Å². The van der Waals surface area contributed by atoms with Crippen LogP contribution in [0.5, 0.6) is 0 Å². The number of carbonyl (C=O) groups is 1. The van der Waals surface area contributed by atoms with Crippen molar-refractivity contribution in [3.8, 4) is 17.3 Å².